The van der Waals surface area contributed by atoms with E-state index in [2.05, 4.69) is 11.9 Å². The molecule has 0 aliphatic heterocycles. The molecule has 0 saturated carbocycles. The second kappa shape index (κ2) is 7.17. The lowest BCUT2D eigenvalue weighted by atomic mass is 9.89. The molecule has 3 aromatic rings. The molecule has 1 aliphatic rings. The van der Waals surface area contributed by atoms with E-state index in [1.54, 1.807) is 23.5 Å². The predicted molar refractivity (Wildman–Crippen MR) is 107 cm³/mol. The Bertz CT molecular complexity index is 1040. The average molecular weight is 387 g/mol. The normalized spacial score (nSPS) is 19.0. The van der Waals surface area contributed by atoms with Crippen LogP contribution in [0.4, 0.5) is 4.39 Å². The zero-order valence-electron chi connectivity index (χ0n) is 15.9. The predicted octanol–water partition coefficient (Wildman–Crippen LogP) is 3.02. The van der Waals surface area contributed by atoms with Gasteiger partial charge in [0.2, 0.25) is 0 Å². The van der Waals surface area contributed by atoms with E-state index in [4.69, 9.17) is 4.98 Å². The molecule has 0 fully saturated rings. The number of hydrogen-bond acceptors (Lipinski definition) is 3. The maximum atomic E-state index is 13.4. The number of thiophene rings is 1. The Morgan fingerprint density at radius 1 is 1.44 bits per heavy atom. The minimum absolute atomic E-state index is 0.00317. The Balaban J connectivity index is 1.64. The Morgan fingerprint density at radius 2 is 2.26 bits per heavy atom. The van der Waals surface area contributed by atoms with E-state index in [1.807, 2.05) is 20.0 Å². The van der Waals surface area contributed by atoms with E-state index in [-0.39, 0.29) is 17.4 Å². The van der Waals surface area contributed by atoms with Crippen LogP contribution in [0.5, 0.6) is 0 Å². The van der Waals surface area contributed by atoms with Gasteiger partial charge in [0.15, 0.2) is 5.82 Å². The number of aromatic nitrogens is 2. The molecular formula is C21H25FN3OS+. The lowest BCUT2D eigenvalue weighted by Gasteiger charge is -2.21. The molecule has 0 amide bonds. The van der Waals surface area contributed by atoms with Crippen molar-refractivity contribution in [1.29, 1.82) is 0 Å². The molecule has 0 radical (unpaired) electrons. The van der Waals surface area contributed by atoms with Crippen LogP contribution in [0.2, 0.25) is 0 Å². The molecule has 2 aromatic heterocycles. The summed E-state index contributed by atoms with van der Waals surface area (Å²) in [5, 5.41) is 0.792. The molecule has 1 aromatic carbocycles. The largest absolute Gasteiger partial charge is 0.325 e. The number of aromatic amines is 1. The van der Waals surface area contributed by atoms with Gasteiger partial charge in [0.05, 0.1) is 12.4 Å². The van der Waals surface area contributed by atoms with Crippen LogP contribution in [0.25, 0.3) is 10.2 Å². The fourth-order valence-electron chi connectivity index (χ4n) is 3.93. The third-order valence-electron chi connectivity index (χ3n) is 5.71. The fourth-order valence-corrected chi connectivity index (χ4v) is 5.32. The topological polar surface area (TPSA) is 50.2 Å². The van der Waals surface area contributed by atoms with Gasteiger partial charge in [-0.3, -0.25) is 4.79 Å². The van der Waals surface area contributed by atoms with Crippen molar-refractivity contribution in [2.45, 2.75) is 45.7 Å². The second-order valence-electron chi connectivity index (χ2n) is 7.86. The molecule has 4 nitrogen and oxygen atoms in total. The van der Waals surface area contributed by atoms with Crippen LogP contribution in [0, 0.1) is 11.7 Å². The van der Waals surface area contributed by atoms with Gasteiger partial charge in [-0.2, -0.15) is 0 Å². The van der Waals surface area contributed by atoms with E-state index >= 15 is 0 Å². The van der Waals surface area contributed by atoms with Gasteiger partial charge in [-0.05, 0) is 49.8 Å². The third-order valence-corrected chi connectivity index (χ3v) is 6.85. The standard InChI is InChI=1S/C21H24FN3OS/c1-12-7-8-16-17(9-12)27-21-18(16)20(26)23-19(24-21)13(2)25(3)11-14-5-4-6-15(22)10-14/h4-6,10,12-13H,7-9,11H2,1-3H3,(H,23,24,26)/p+1/t12-,13-/m1/s1. The first-order valence-corrected chi connectivity index (χ1v) is 10.3. The molecule has 142 valence electrons. The highest BCUT2D eigenvalue weighted by Gasteiger charge is 2.25. The molecule has 6 heteroatoms. The summed E-state index contributed by atoms with van der Waals surface area (Å²) < 4.78 is 13.4. The van der Waals surface area contributed by atoms with Crippen molar-refractivity contribution in [3.63, 3.8) is 0 Å². The maximum Gasteiger partial charge on any atom is 0.260 e. The van der Waals surface area contributed by atoms with Crippen molar-refractivity contribution < 1.29 is 9.29 Å². The highest BCUT2D eigenvalue weighted by molar-refractivity contribution is 7.18. The van der Waals surface area contributed by atoms with Crippen LogP contribution < -0.4 is 10.5 Å². The van der Waals surface area contributed by atoms with Crippen LogP contribution in [0.1, 0.15) is 48.1 Å². The van der Waals surface area contributed by atoms with E-state index in [0.717, 1.165) is 39.9 Å². The molecule has 1 aliphatic carbocycles. The number of rotatable bonds is 4. The number of nitrogens with one attached hydrogen (secondary N) is 2. The van der Waals surface area contributed by atoms with E-state index in [9.17, 15) is 9.18 Å². The number of H-pyrrole nitrogens is 1. The Kier molecular flexibility index (Phi) is 4.86. The summed E-state index contributed by atoms with van der Waals surface area (Å²) in [6.07, 6.45) is 3.16. The SMILES string of the molecule is C[C@@H]1CCc2c(sc3nc([C@@H](C)[NH+](C)Cc4cccc(F)c4)[nH]c(=O)c23)C1. The van der Waals surface area contributed by atoms with Gasteiger partial charge in [0.25, 0.3) is 5.56 Å². The van der Waals surface area contributed by atoms with Crippen molar-refractivity contribution in [1.82, 2.24) is 9.97 Å². The van der Waals surface area contributed by atoms with Gasteiger partial charge in [0, 0.05) is 10.4 Å². The highest BCUT2D eigenvalue weighted by Crippen LogP contribution is 2.35. The number of aryl methyl sites for hydroxylation is 1. The van der Waals surface area contributed by atoms with Gasteiger partial charge in [0.1, 0.15) is 23.2 Å². The molecule has 2 heterocycles. The minimum atomic E-state index is -0.223. The molecule has 27 heavy (non-hydrogen) atoms. The van der Waals surface area contributed by atoms with Gasteiger partial charge in [-0.25, -0.2) is 9.37 Å². The molecule has 0 bridgehead atoms. The Morgan fingerprint density at radius 3 is 3.04 bits per heavy atom. The van der Waals surface area contributed by atoms with Crippen molar-refractivity contribution in [2.24, 2.45) is 5.92 Å². The first-order valence-electron chi connectivity index (χ1n) is 9.53. The Labute approximate surface area is 162 Å². The highest BCUT2D eigenvalue weighted by atomic mass is 32.1. The van der Waals surface area contributed by atoms with Crippen LogP contribution in [0.15, 0.2) is 29.1 Å². The van der Waals surface area contributed by atoms with Crippen LogP contribution >= 0.6 is 11.3 Å². The summed E-state index contributed by atoms with van der Waals surface area (Å²) in [7, 11) is 2.04. The van der Waals surface area contributed by atoms with Gasteiger partial charge >= 0.3 is 0 Å². The number of benzene rings is 1. The third kappa shape index (κ3) is 3.56. The van der Waals surface area contributed by atoms with E-state index in [0.29, 0.717) is 18.3 Å². The summed E-state index contributed by atoms with van der Waals surface area (Å²) in [5.41, 5.74) is 2.12. The molecular weight excluding hydrogens is 361 g/mol. The summed E-state index contributed by atoms with van der Waals surface area (Å²) >= 11 is 1.68. The van der Waals surface area contributed by atoms with E-state index < -0.39 is 0 Å². The monoisotopic (exact) mass is 386 g/mol. The van der Waals surface area contributed by atoms with Crippen molar-refractivity contribution in [2.75, 3.05) is 7.05 Å². The summed E-state index contributed by atoms with van der Waals surface area (Å²) in [6, 6.07) is 6.67. The summed E-state index contributed by atoms with van der Waals surface area (Å²) in [4.78, 5) is 24.0. The van der Waals surface area contributed by atoms with Crippen molar-refractivity contribution in [3.05, 3.63) is 62.3 Å². The zero-order chi connectivity index (χ0) is 19.1. The lowest BCUT2D eigenvalue weighted by Crippen LogP contribution is -3.07. The first kappa shape index (κ1) is 18.3. The van der Waals surface area contributed by atoms with E-state index in [1.165, 1.54) is 16.5 Å². The molecule has 0 spiro atoms. The quantitative estimate of drug-likeness (QED) is 0.724. The average Bonchev–Trinajstić information content (AvgIpc) is 2.98. The fraction of sp³-hybridized carbons (Fsp3) is 0.429. The number of nitrogens with zero attached hydrogens (tertiary/aromatic N) is 1. The lowest BCUT2D eigenvalue weighted by molar-refractivity contribution is -0.924. The first-order chi connectivity index (χ1) is 12.9. The summed E-state index contributed by atoms with van der Waals surface area (Å²) in [5.74, 6) is 1.15. The molecule has 2 N–H and O–H groups in total. The van der Waals surface area contributed by atoms with Crippen LogP contribution in [-0.2, 0) is 19.4 Å². The number of quaternary nitrogens is 1. The van der Waals surface area contributed by atoms with Gasteiger partial charge in [-0.1, -0.05) is 19.1 Å². The van der Waals surface area contributed by atoms with Crippen molar-refractivity contribution >= 4 is 21.6 Å². The van der Waals surface area contributed by atoms with Crippen molar-refractivity contribution in [3.8, 4) is 0 Å². The maximum absolute atomic E-state index is 13.4. The van der Waals surface area contributed by atoms with Crippen LogP contribution in [-0.4, -0.2) is 17.0 Å². The number of fused-ring (bicyclic) bond motifs is 3. The smallest absolute Gasteiger partial charge is 0.260 e. The number of halogens is 1. The van der Waals surface area contributed by atoms with Gasteiger partial charge < -0.3 is 9.88 Å². The second-order valence-corrected chi connectivity index (χ2v) is 8.94. The molecule has 4 rings (SSSR count). The zero-order valence-corrected chi connectivity index (χ0v) is 16.8. The molecule has 1 unspecified atom stereocenters. The Hall–Kier alpha value is -2.05. The summed E-state index contributed by atoms with van der Waals surface area (Å²) in [6.45, 7) is 4.98. The van der Waals surface area contributed by atoms with Gasteiger partial charge in [-0.15, -0.1) is 11.3 Å². The molecule has 0 saturated heterocycles. The van der Waals surface area contributed by atoms with Crippen LogP contribution in [0.3, 0.4) is 0 Å². The molecule has 3 atom stereocenters. The number of hydrogen-bond donors (Lipinski definition) is 2. The minimum Gasteiger partial charge on any atom is -0.325 e.